The number of nitrogens with one attached hydrogen (secondary N) is 1. The molecule has 0 aliphatic heterocycles. The monoisotopic (exact) mass is 439 g/mol. The van der Waals surface area contributed by atoms with Crippen LogP contribution in [0, 0.1) is 0 Å². The van der Waals surface area contributed by atoms with Gasteiger partial charge in [0.05, 0.1) is 18.4 Å². The largest absolute Gasteiger partial charge is 0.493 e. The zero-order valence-corrected chi connectivity index (χ0v) is 18.4. The molecule has 1 aromatic heterocycles. The third kappa shape index (κ3) is 7.01. The van der Waals surface area contributed by atoms with Gasteiger partial charge in [0.2, 0.25) is 5.91 Å². The van der Waals surface area contributed by atoms with E-state index >= 15 is 0 Å². The number of benzene rings is 2. The van der Waals surface area contributed by atoms with Crippen LogP contribution >= 0.6 is 11.3 Å². The summed E-state index contributed by atoms with van der Waals surface area (Å²) in [6.45, 7) is 4.45. The summed E-state index contributed by atoms with van der Waals surface area (Å²) in [5, 5.41) is 13.7. The van der Waals surface area contributed by atoms with Gasteiger partial charge in [-0.05, 0) is 47.4 Å². The molecule has 1 amide bonds. The van der Waals surface area contributed by atoms with Crippen LogP contribution in [0.25, 0.3) is 6.08 Å². The summed E-state index contributed by atoms with van der Waals surface area (Å²) < 4.78 is 11.2. The molecule has 0 bridgehead atoms. The van der Waals surface area contributed by atoms with Gasteiger partial charge in [-0.3, -0.25) is 4.79 Å². The molecule has 3 rings (SSSR count). The number of thiophene rings is 1. The molecule has 0 aliphatic rings. The zero-order valence-electron chi connectivity index (χ0n) is 17.6. The van der Waals surface area contributed by atoms with Crippen molar-refractivity contribution in [3.63, 3.8) is 0 Å². The first-order chi connectivity index (χ1) is 15.1. The lowest BCUT2D eigenvalue weighted by molar-refractivity contribution is -0.111. The average molecular weight is 440 g/mol. The van der Waals surface area contributed by atoms with Crippen molar-refractivity contribution in [1.82, 2.24) is 0 Å². The normalized spacial score (nSPS) is 10.2. The van der Waals surface area contributed by atoms with Gasteiger partial charge in [-0.2, -0.15) is 0 Å². The summed E-state index contributed by atoms with van der Waals surface area (Å²) >= 11 is 1.62. The number of methoxy groups -OCH3 is 1. The van der Waals surface area contributed by atoms with Crippen LogP contribution in [0.1, 0.15) is 34.6 Å². The molecule has 6 nitrogen and oxygen atoms in total. The van der Waals surface area contributed by atoms with Gasteiger partial charge >= 0.3 is 5.97 Å². The van der Waals surface area contributed by atoms with Gasteiger partial charge in [0.25, 0.3) is 0 Å². The molecule has 0 saturated heterocycles. The van der Waals surface area contributed by atoms with Crippen LogP contribution < -0.4 is 14.8 Å². The molecule has 0 unspecified atom stereocenters. The van der Waals surface area contributed by atoms with Crippen molar-refractivity contribution in [2.24, 2.45) is 0 Å². The first kappa shape index (κ1) is 23.7. The summed E-state index contributed by atoms with van der Waals surface area (Å²) in [4.78, 5) is 24.5. The minimum absolute atomic E-state index is 0.0307. The third-order valence-electron chi connectivity index (χ3n) is 3.98. The first-order valence-corrected chi connectivity index (χ1v) is 10.6. The van der Waals surface area contributed by atoms with Gasteiger partial charge in [0, 0.05) is 11.0 Å². The summed E-state index contributed by atoms with van der Waals surface area (Å²) in [6.07, 6.45) is 2.95. The number of carboxylic acid groups (broad SMARTS) is 1. The topological polar surface area (TPSA) is 84.9 Å². The smallest absolute Gasteiger partial charge is 0.337 e. The Morgan fingerprint density at radius 2 is 1.84 bits per heavy atom. The van der Waals surface area contributed by atoms with E-state index in [0.717, 1.165) is 10.4 Å². The molecule has 2 N–H and O–H groups in total. The first-order valence-electron chi connectivity index (χ1n) is 9.71. The van der Waals surface area contributed by atoms with Crippen molar-refractivity contribution < 1.29 is 24.2 Å². The number of amides is 1. The molecule has 0 spiro atoms. The molecule has 0 radical (unpaired) electrons. The molecule has 31 heavy (non-hydrogen) atoms. The van der Waals surface area contributed by atoms with E-state index in [1.807, 2.05) is 31.4 Å². The van der Waals surface area contributed by atoms with Crippen molar-refractivity contribution in [3.05, 3.63) is 82.1 Å². The quantitative estimate of drug-likeness (QED) is 0.439. The highest BCUT2D eigenvalue weighted by molar-refractivity contribution is 7.09. The van der Waals surface area contributed by atoms with Gasteiger partial charge in [0.15, 0.2) is 11.5 Å². The van der Waals surface area contributed by atoms with E-state index < -0.39 is 11.9 Å². The van der Waals surface area contributed by atoms with Crippen LogP contribution in [0.3, 0.4) is 0 Å². The number of rotatable bonds is 8. The minimum Gasteiger partial charge on any atom is -0.493 e. The number of carboxylic acids is 1. The molecule has 0 fully saturated rings. The van der Waals surface area contributed by atoms with E-state index in [9.17, 15) is 14.7 Å². The maximum Gasteiger partial charge on any atom is 0.337 e. The molecule has 0 saturated carbocycles. The Morgan fingerprint density at radius 1 is 1.06 bits per heavy atom. The third-order valence-corrected chi connectivity index (χ3v) is 4.83. The molecule has 3 aromatic rings. The van der Waals surface area contributed by atoms with Gasteiger partial charge < -0.3 is 19.9 Å². The fraction of sp³-hybridized carbons (Fsp3) is 0.167. The molecule has 1 heterocycles. The van der Waals surface area contributed by atoms with E-state index in [4.69, 9.17) is 9.47 Å². The summed E-state index contributed by atoms with van der Waals surface area (Å²) in [7, 11) is 1.55. The maximum atomic E-state index is 12.2. The van der Waals surface area contributed by atoms with E-state index in [1.54, 1.807) is 54.9 Å². The number of hydrogen-bond acceptors (Lipinski definition) is 5. The molecule has 162 valence electrons. The van der Waals surface area contributed by atoms with Gasteiger partial charge in [-0.15, -0.1) is 11.3 Å². The van der Waals surface area contributed by atoms with Gasteiger partial charge in [-0.1, -0.05) is 38.1 Å². The highest BCUT2D eigenvalue weighted by Crippen LogP contribution is 2.29. The van der Waals surface area contributed by atoms with Crippen LogP contribution in [0.4, 0.5) is 5.69 Å². The summed E-state index contributed by atoms with van der Waals surface area (Å²) in [5.41, 5.74) is 1.01. The lowest BCUT2D eigenvalue weighted by Crippen LogP contribution is -2.11. The number of aromatic carboxylic acids is 1. The van der Waals surface area contributed by atoms with Crippen LogP contribution in [-0.2, 0) is 11.4 Å². The van der Waals surface area contributed by atoms with E-state index in [-0.39, 0.29) is 11.3 Å². The Labute approximate surface area is 185 Å². The second-order valence-electron chi connectivity index (χ2n) is 5.95. The summed E-state index contributed by atoms with van der Waals surface area (Å²) in [6, 6.07) is 15.5. The van der Waals surface area contributed by atoms with Crippen molar-refractivity contribution in [2.75, 3.05) is 12.4 Å². The lowest BCUT2D eigenvalue weighted by Gasteiger charge is -2.10. The maximum absolute atomic E-state index is 12.2. The average Bonchev–Trinajstić information content (AvgIpc) is 3.32. The highest BCUT2D eigenvalue weighted by atomic mass is 32.1. The Balaban J connectivity index is 0.00000166. The van der Waals surface area contributed by atoms with Crippen molar-refractivity contribution in [1.29, 1.82) is 0 Å². The Morgan fingerprint density at radius 3 is 2.52 bits per heavy atom. The van der Waals surface area contributed by atoms with Crippen molar-refractivity contribution in [2.45, 2.75) is 20.5 Å². The number of para-hydroxylation sites is 1. The fourth-order valence-corrected chi connectivity index (χ4v) is 3.19. The Bertz CT molecular complexity index is 1030. The van der Waals surface area contributed by atoms with Crippen LogP contribution in [0.5, 0.6) is 11.5 Å². The van der Waals surface area contributed by atoms with Gasteiger partial charge in [-0.25, -0.2) is 4.79 Å². The van der Waals surface area contributed by atoms with Crippen molar-refractivity contribution in [3.8, 4) is 11.5 Å². The summed E-state index contributed by atoms with van der Waals surface area (Å²) in [5.74, 6) is -0.373. The van der Waals surface area contributed by atoms with Crippen LogP contribution in [-0.4, -0.2) is 24.1 Å². The van der Waals surface area contributed by atoms with E-state index in [0.29, 0.717) is 18.1 Å². The second-order valence-corrected chi connectivity index (χ2v) is 6.98. The van der Waals surface area contributed by atoms with E-state index in [2.05, 4.69) is 5.32 Å². The number of carbonyl (C=O) groups is 2. The number of ether oxygens (including phenoxy) is 2. The predicted octanol–water partition coefficient (Wildman–Crippen LogP) is 5.71. The molecule has 0 aliphatic carbocycles. The molecule has 0 atom stereocenters. The Kier molecular flexibility index (Phi) is 9.32. The molecular weight excluding hydrogens is 414 g/mol. The highest BCUT2D eigenvalue weighted by Gasteiger charge is 2.10. The SMILES string of the molecule is CC.COc1cc(/C=C/C(=O)Nc2ccccc2C(=O)O)ccc1OCc1cccs1. The van der Waals surface area contributed by atoms with Crippen molar-refractivity contribution >= 4 is 35.0 Å². The lowest BCUT2D eigenvalue weighted by atomic mass is 10.1. The van der Waals surface area contributed by atoms with Crippen LogP contribution in [0.15, 0.2) is 66.1 Å². The minimum atomic E-state index is -1.10. The van der Waals surface area contributed by atoms with Crippen LogP contribution in [0.2, 0.25) is 0 Å². The van der Waals surface area contributed by atoms with Gasteiger partial charge in [0.1, 0.15) is 6.61 Å². The predicted molar refractivity (Wildman–Crippen MR) is 124 cm³/mol. The zero-order chi connectivity index (χ0) is 22.6. The Hall–Kier alpha value is -3.58. The molecular formula is C24H25NO5S. The number of hydrogen-bond donors (Lipinski definition) is 2. The molecule has 2 aromatic carbocycles. The number of anilines is 1. The van der Waals surface area contributed by atoms with E-state index in [1.165, 1.54) is 18.2 Å². The number of carbonyl (C=O) groups excluding carboxylic acids is 1. The standard InChI is InChI=1S/C22H19NO5S.C2H6/c1-27-20-13-15(8-10-19(20)28-14-16-5-4-12-29-16)9-11-21(24)23-18-7-3-2-6-17(18)22(25)26;1-2/h2-13H,14H2,1H3,(H,23,24)(H,25,26);1-2H3/b11-9+;. The molecule has 7 heteroatoms. The fourth-order valence-electron chi connectivity index (χ4n) is 2.58. The second kappa shape index (κ2) is 12.2.